The average molecular weight is 361 g/mol. The third kappa shape index (κ3) is 4.42. The zero-order valence-electron chi connectivity index (χ0n) is 15.0. The molecule has 4 rings (SSSR count). The smallest absolute Gasteiger partial charge is 0.249 e. The number of nitrogens with zero attached hydrogens (tertiary/aromatic N) is 3. The van der Waals surface area contributed by atoms with Gasteiger partial charge in [-0.05, 0) is 56.1 Å². The summed E-state index contributed by atoms with van der Waals surface area (Å²) < 4.78 is 19.5. The van der Waals surface area contributed by atoms with Crippen molar-refractivity contribution in [3.05, 3.63) is 65.6 Å². The molecule has 0 N–H and O–H groups in total. The molecular formula is C22H20FN3O. The first-order valence-corrected chi connectivity index (χ1v) is 9.17. The van der Waals surface area contributed by atoms with E-state index in [-0.39, 0.29) is 5.82 Å². The van der Waals surface area contributed by atoms with E-state index in [1.165, 1.54) is 25.0 Å². The number of rotatable bonds is 4. The van der Waals surface area contributed by atoms with Crippen molar-refractivity contribution >= 4 is 11.0 Å². The Hall–Kier alpha value is -2.97. The number of fused-ring (bicyclic) bond motifs is 1. The standard InChI is InChI=1S/C22H20FN3O/c23-18-9-11-19-21(16-18)24-20(10-8-17-6-2-1-3-7-17)22(25-19)27-15-14-26-12-4-5-13-26/h1-3,6-7,9,11,16H,4-5,12-15H2. The SMILES string of the molecule is Fc1ccc2nc(OCCN3CCCC3)c(C#Cc3ccccc3)nc2c1. The van der Waals surface area contributed by atoms with Gasteiger partial charge < -0.3 is 4.74 Å². The largest absolute Gasteiger partial charge is 0.474 e. The normalized spacial score (nSPS) is 14.1. The zero-order valence-corrected chi connectivity index (χ0v) is 15.0. The van der Waals surface area contributed by atoms with E-state index in [0.717, 1.165) is 25.2 Å². The molecule has 0 bridgehead atoms. The summed E-state index contributed by atoms with van der Waals surface area (Å²) >= 11 is 0. The van der Waals surface area contributed by atoms with E-state index >= 15 is 0 Å². The van der Waals surface area contributed by atoms with Crippen LogP contribution in [-0.2, 0) is 0 Å². The molecule has 0 saturated carbocycles. The second-order valence-electron chi connectivity index (χ2n) is 6.52. The molecule has 0 atom stereocenters. The highest BCUT2D eigenvalue weighted by Gasteiger charge is 2.13. The minimum atomic E-state index is -0.346. The van der Waals surface area contributed by atoms with Crippen molar-refractivity contribution < 1.29 is 9.13 Å². The van der Waals surface area contributed by atoms with Gasteiger partial charge in [-0.3, -0.25) is 4.90 Å². The molecule has 1 fully saturated rings. The minimum Gasteiger partial charge on any atom is -0.474 e. The van der Waals surface area contributed by atoms with Gasteiger partial charge in [0.05, 0.1) is 11.0 Å². The third-order valence-corrected chi connectivity index (χ3v) is 4.54. The quantitative estimate of drug-likeness (QED) is 0.665. The molecule has 1 aliphatic rings. The van der Waals surface area contributed by atoms with Crippen molar-refractivity contribution in [3.8, 4) is 17.7 Å². The monoisotopic (exact) mass is 361 g/mol. The predicted molar refractivity (Wildman–Crippen MR) is 103 cm³/mol. The van der Waals surface area contributed by atoms with E-state index in [9.17, 15) is 4.39 Å². The number of likely N-dealkylation sites (tertiary alicyclic amines) is 1. The second-order valence-corrected chi connectivity index (χ2v) is 6.52. The van der Waals surface area contributed by atoms with Crippen LogP contribution in [0.1, 0.15) is 24.1 Å². The first-order chi connectivity index (χ1) is 13.3. The molecule has 2 heterocycles. The lowest BCUT2D eigenvalue weighted by atomic mass is 10.2. The number of hydrogen-bond donors (Lipinski definition) is 0. The molecule has 2 aromatic carbocycles. The Labute approximate surface area is 158 Å². The number of ether oxygens (including phenoxy) is 1. The third-order valence-electron chi connectivity index (χ3n) is 4.54. The van der Waals surface area contributed by atoms with Crippen molar-refractivity contribution in [1.29, 1.82) is 0 Å². The first kappa shape index (κ1) is 17.4. The number of aromatic nitrogens is 2. The molecule has 1 aliphatic heterocycles. The van der Waals surface area contributed by atoms with Crippen molar-refractivity contribution in [2.24, 2.45) is 0 Å². The summed E-state index contributed by atoms with van der Waals surface area (Å²) in [5, 5.41) is 0. The molecule has 0 spiro atoms. The Balaban J connectivity index is 1.62. The van der Waals surface area contributed by atoms with Crippen LogP contribution in [0.2, 0.25) is 0 Å². The summed E-state index contributed by atoms with van der Waals surface area (Å²) in [5.74, 6) is 6.16. The Kier molecular flexibility index (Phi) is 5.27. The number of benzene rings is 2. The van der Waals surface area contributed by atoms with Crippen molar-refractivity contribution in [2.75, 3.05) is 26.2 Å². The van der Waals surface area contributed by atoms with Crippen molar-refractivity contribution in [3.63, 3.8) is 0 Å². The van der Waals surface area contributed by atoms with Crippen molar-refractivity contribution in [1.82, 2.24) is 14.9 Å². The fourth-order valence-corrected chi connectivity index (χ4v) is 3.12. The van der Waals surface area contributed by atoms with Gasteiger partial charge in [0.1, 0.15) is 12.4 Å². The first-order valence-electron chi connectivity index (χ1n) is 9.17. The van der Waals surface area contributed by atoms with Gasteiger partial charge in [-0.2, -0.15) is 0 Å². The summed E-state index contributed by atoms with van der Waals surface area (Å²) in [6.07, 6.45) is 2.49. The molecular weight excluding hydrogens is 341 g/mol. The predicted octanol–water partition coefficient (Wildman–Crippen LogP) is 3.64. The van der Waals surface area contributed by atoms with Crippen LogP contribution < -0.4 is 4.74 Å². The van der Waals surface area contributed by atoms with Gasteiger partial charge in [-0.15, -0.1) is 0 Å². The Bertz CT molecular complexity index is 989. The molecule has 0 aliphatic carbocycles. The molecule has 0 amide bonds. The lowest BCUT2D eigenvalue weighted by Crippen LogP contribution is -2.25. The molecule has 1 aromatic heterocycles. The molecule has 3 aromatic rings. The van der Waals surface area contributed by atoms with E-state index in [1.54, 1.807) is 6.07 Å². The minimum absolute atomic E-state index is 0.346. The lowest BCUT2D eigenvalue weighted by molar-refractivity contribution is 0.231. The van der Waals surface area contributed by atoms with Crippen LogP contribution >= 0.6 is 0 Å². The van der Waals surface area contributed by atoms with Gasteiger partial charge in [0.2, 0.25) is 5.88 Å². The van der Waals surface area contributed by atoms with Crippen LogP contribution in [0.3, 0.4) is 0 Å². The molecule has 4 nitrogen and oxygen atoms in total. The summed E-state index contributed by atoms with van der Waals surface area (Å²) in [6.45, 7) is 3.62. The van der Waals surface area contributed by atoms with Crippen molar-refractivity contribution in [2.45, 2.75) is 12.8 Å². The van der Waals surface area contributed by atoms with Gasteiger partial charge in [0.15, 0.2) is 5.69 Å². The zero-order chi connectivity index (χ0) is 18.5. The molecule has 1 saturated heterocycles. The van der Waals surface area contributed by atoms with Crippen LogP contribution in [0, 0.1) is 17.7 Å². The maximum Gasteiger partial charge on any atom is 0.249 e. The van der Waals surface area contributed by atoms with E-state index in [1.807, 2.05) is 30.3 Å². The van der Waals surface area contributed by atoms with Crippen LogP contribution in [0.5, 0.6) is 5.88 Å². The molecule has 5 heteroatoms. The van der Waals surface area contributed by atoms with Gasteiger partial charge in [-0.25, -0.2) is 14.4 Å². The molecule has 136 valence electrons. The highest BCUT2D eigenvalue weighted by molar-refractivity contribution is 5.75. The van der Waals surface area contributed by atoms with E-state index < -0.39 is 0 Å². The highest BCUT2D eigenvalue weighted by atomic mass is 19.1. The van der Waals surface area contributed by atoms with Crippen LogP contribution in [-0.4, -0.2) is 41.1 Å². The van der Waals surface area contributed by atoms with Gasteiger partial charge in [-0.1, -0.05) is 24.1 Å². The average Bonchev–Trinajstić information content (AvgIpc) is 3.21. The maximum absolute atomic E-state index is 13.6. The fraction of sp³-hybridized carbons (Fsp3) is 0.273. The fourth-order valence-electron chi connectivity index (χ4n) is 3.12. The molecule has 0 radical (unpaired) electrons. The van der Waals surface area contributed by atoms with Gasteiger partial charge in [0.25, 0.3) is 0 Å². The van der Waals surface area contributed by atoms with Gasteiger partial charge >= 0.3 is 0 Å². The van der Waals surface area contributed by atoms with Crippen LogP contribution in [0.25, 0.3) is 11.0 Å². The Morgan fingerprint density at radius 2 is 1.78 bits per heavy atom. The van der Waals surface area contributed by atoms with Crippen LogP contribution in [0.15, 0.2) is 48.5 Å². The topological polar surface area (TPSA) is 38.2 Å². The summed E-state index contributed by atoms with van der Waals surface area (Å²) in [7, 11) is 0. The highest BCUT2D eigenvalue weighted by Crippen LogP contribution is 2.19. The van der Waals surface area contributed by atoms with Crippen LogP contribution in [0.4, 0.5) is 4.39 Å². The molecule has 27 heavy (non-hydrogen) atoms. The number of hydrogen-bond acceptors (Lipinski definition) is 4. The summed E-state index contributed by atoms with van der Waals surface area (Å²) in [5.41, 5.74) is 2.37. The van der Waals surface area contributed by atoms with E-state index in [2.05, 4.69) is 26.7 Å². The summed E-state index contributed by atoms with van der Waals surface area (Å²) in [6, 6.07) is 14.0. The van der Waals surface area contributed by atoms with E-state index in [0.29, 0.717) is 29.2 Å². The summed E-state index contributed by atoms with van der Waals surface area (Å²) in [4.78, 5) is 11.4. The number of halogens is 1. The second kappa shape index (κ2) is 8.15. The Morgan fingerprint density at radius 3 is 2.59 bits per heavy atom. The Morgan fingerprint density at radius 1 is 0.963 bits per heavy atom. The van der Waals surface area contributed by atoms with Gasteiger partial charge in [0, 0.05) is 18.2 Å². The maximum atomic E-state index is 13.6. The lowest BCUT2D eigenvalue weighted by Gasteiger charge is -2.15. The molecule has 0 unspecified atom stereocenters. The van der Waals surface area contributed by atoms with E-state index in [4.69, 9.17) is 4.74 Å².